The molecule has 0 fully saturated rings. The summed E-state index contributed by atoms with van der Waals surface area (Å²) in [4.78, 5) is 21.6. The summed E-state index contributed by atoms with van der Waals surface area (Å²) in [6.07, 6.45) is -0.0151. The Morgan fingerprint density at radius 3 is 2.87 bits per heavy atom. The molecule has 2 heterocycles. The third-order valence-corrected chi connectivity index (χ3v) is 3.64. The Morgan fingerprint density at radius 1 is 1.39 bits per heavy atom. The standard InChI is InChI=1S/C16H19N5O2/c1-10(2)12-8-13(23-21-12)16(22)17-9-14-18-15(20-19-14)11-6-4-3-5-7-11/h3-7,10,13H,8-9H2,1-2H3,(H,17,22)(H,18,19,20). The molecule has 2 aromatic rings. The number of hydrogen-bond donors (Lipinski definition) is 2. The molecule has 1 aliphatic rings. The molecule has 1 aromatic heterocycles. The summed E-state index contributed by atoms with van der Waals surface area (Å²) >= 11 is 0. The van der Waals surface area contributed by atoms with Gasteiger partial charge in [-0.05, 0) is 5.92 Å². The number of hydrogen-bond acceptors (Lipinski definition) is 5. The number of carbonyl (C=O) groups is 1. The van der Waals surface area contributed by atoms with Gasteiger partial charge in [-0.3, -0.25) is 9.89 Å². The van der Waals surface area contributed by atoms with Crippen molar-refractivity contribution in [3.05, 3.63) is 36.2 Å². The van der Waals surface area contributed by atoms with Crippen LogP contribution in [0.25, 0.3) is 11.4 Å². The number of amides is 1. The van der Waals surface area contributed by atoms with Crippen molar-refractivity contribution in [1.82, 2.24) is 20.5 Å². The lowest BCUT2D eigenvalue weighted by molar-refractivity contribution is -0.131. The highest BCUT2D eigenvalue weighted by molar-refractivity contribution is 5.93. The summed E-state index contributed by atoms with van der Waals surface area (Å²) in [6.45, 7) is 4.33. The largest absolute Gasteiger partial charge is 0.382 e. The van der Waals surface area contributed by atoms with Gasteiger partial charge in [0.25, 0.3) is 5.91 Å². The van der Waals surface area contributed by atoms with Gasteiger partial charge in [0.15, 0.2) is 5.82 Å². The van der Waals surface area contributed by atoms with Crippen LogP contribution in [-0.4, -0.2) is 32.9 Å². The first kappa shape index (κ1) is 15.2. The second kappa shape index (κ2) is 6.60. The van der Waals surface area contributed by atoms with Crippen LogP contribution in [0.3, 0.4) is 0 Å². The number of nitrogens with zero attached hydrogens (tertiary/aromatic N) is 3. The number of aromatic amines is 1. The number of carbonyl (C=O) groups excluding carboxylic acids is 1. The van der Waals surface area contributed by atoms with Crippen molar-refractivity contribution in [2.75, 3.05) is 0 Å². The van der Waals surface area contributed by atoms with Gasteiger partial charge in [0.1, 0.15) is 5.82 Å². The summed E-state index contributed by atoms with van der Waals surface area (Å²) < 4.78 is 0. The molecule has 0 saturated carbocycles. The average molecular weight is 313 g/mol. The minimum Gasteiger partial charge on any atom is -0.382 e. The van der Waals surface area contributed by atoms with Crippen LogP contribution in [0.2, 0.25) is 0 Å². The van der Waals surface area contributed by atoms with E-state index in [2.05, 4.69) is 25.7 Å². The van der Waals surface area contributed by atoms with Crippen LogP contribution >= 0.6 is 0 Å². The van der Waals surface area contributed by atoms with Crippen molar-refractivity contribution in [2.24, 2.45) is 11.1 Å². The minimum atomic E-state index is -0.552. The van der Waals surface area contributed by atoms with E-state index in [-0.39, 0.29) is 18.4 Å². The quantitative estimate of drug-likeness (QED) is 0.881. The topological polar surface area (TPSA) is 92.3 Å². The maximum atomic E-state index is 12.1. The highest BCUT2D eigenvalue weighted by atomic mass is 16.6. The summed E-state index contributed by atoms with van der Waals surface area (Å²) in [7, 11) is 0. The van der Waals surface area contributed by atoms with E-state index in [0.29, 0.717) is 18.1 Å². The first-order valence-electron chi connectivity index (χ1n) is 7.60. The van der Waals surface area contributed by atoms with Crippen molar-refractivity contribution in [3.8, 4) is 11.4 Å². The van der Waals surface area contributed by atoms with Crippen molar-refractivity contribution in [3.63, 3.8) is 0 Å². The molecule has 1 unspecified atom stereocenters. The Bertz CT molecular complexity index is 708. The number of H-pyrrole nitrogens is 1. The van der Waals surface area contributed by atoms with Gasteiger partial charge in [-0.15, -0.1) is 0 Å². The number of nitrogens with one attached hydrogen (secondary N) is 2. The molecule has 1 atom stereocenters. The van der Waals surface area contributed by atoms with E-state index >= 15 is 0 Å². The van der Waals surface area contributed by atoms with E-state index < -0.39 is 6.10 Å². The number of aromatic nitrogens is 3. The third kappa shape index (κ3) is 3.56. The van der Waals surface area contributed by atoms with Gasteiger partial charge in [-0.2, -0.15) is 5.10 Å². The monoisotopic (exact) mass is 313 g/mol. The molecule has 1 aliphatic heterocycles. The molecule has 0 spiro atoms. The van der Waals surface area contributed by atoms with Crippen LogP contribution in [0.4, 0.5) is 0 Å². The van der Waals surface area contributed by atoms with Gasteiger partial charge in [0.2, 0.25) is 6.10 Å². The van der Waals surface area contributed by atoms with E-state index in [1.54, 1.807) is 0 Å². The third-order valence-electron chi connectivity index (χ3n) is 3.64. The molecule has 23 heavy (non-hydrogen) atoms. The fourth-order valence-electron chi connectivity index (χ4n) is 2.25. The Balaban J connectivity index is 1.53. The average Bonchev–Trinajstić information content (AvgIpc) is 3.23. The van der Waals surface area contributed by atoms with Gasteiger partial charge < -0.3 is 10.2 Å². The normalized spacial score (nSPS) is 17.0. The molecule has 7 nitrogen and oxygen atoms in total. The molecule has 120 valence electrons. The Kier molecular flexibility index (Phi) is 4.36. The Hall–Kier alpha value is -2.70. The Morgan fingerprint density at radius 2 is 2.17 bits per heavy atom. The van der Waals surface area contributed by atoms with Gasteiger partial charge in [0, 0.05) is 12.0 Å². The van der Waals surface area contributed by atoms with Gasteiger partial charge in [0.05, 0.1) is 12.3 Å². The first-order valence-corrected chi connectivity index (χ1v) is 7.60. The lowest BCUT2D eigenvalue weighted by atomic mass is 10.0. The molecule has 0 radical (unpaired) electrons. The van der Waals surface area contributed by atoms with Crippen molar-refractivity contribution >= 4 is 11.6 Å². The van der Waals surface area contributed by atoms with Crippen LogP contribution in [0.1, 0.15) is 26.1 Å². The van der Waals surface area contributed by atoms with E-state index in [1.165, 1.54) is 0 Å². The van der Waals surface area contributed by atoms with Crippen LogP contribution in [0, 0.1) is 5.92 Å². The zero-order valence-corrected chi connectivity index (χ0v) is 13.1. The Labute approximate surface area is 134 Å². The predicted octanol–water partition coefficient (Wildman–Crippen LogP) is 1.89. The van der Waals surface area contributed by atoms with Crippen LogP contribution in [0.15, 0.2) is 35.5 Å². The number of oxime groups is 1. The fraction of sp³-hybridized carbons (Fsp3) is 0.375. The lowest BCUT2D eigenvalue weighted by Crippen LogP contribution is -2.34. The highest BCUT2D eigenvalue weighted by Crippen LogP contribution is 2.16. The minimum absolute atomic E-state index is 0.193. The fourth-order valence-corrected chi connectivity index (χ4v) is 2.25. The van der Waals surface area contributed by atoms with Crippen LogP contribution in [0.5, 0.6) is 0 Å². The molecule has 3 rings (SSSR count). The smallest absolute Gasteiger partial charge is 0.264 e. The summed E-state index contributed by atoms with van der Waals surface area (Å²) in [6, 6.07) is 9.66. The molecule has 0 saturated heterocycles. The molecule has 1 amide bonds. The van der Waals surface area contributed by atoms with E-state index in [1.807, 2.05) is 44.2 Å². The zero-order valence-electron chi connectivity index (χ0n) is 13.1. The van der Waals surface area contributed by atoms with Crippen LogP contribution < -0.4 is 5.32 Å². The predicted molar refractivity (Wildman–Crippen MR) is 85.4 cm³/mol. The van der Waals surface area contributed by atoms with Crippen molar-refractivity contribution in [2.45, 2.75) is 32.9 Å². The molecular formula is C16H19N5O2. The molecule has 2 N–H and O–H groups in total. The second-order valence-electron chi connectivity index (χ2n) is 5.73. The molecule has 7 heteroatoms. The van der Waals surface area contributed by atoms with Crippen LogP contribution in [-0.2, 0) is 16.2 Å². The van der Waals surface area contributed by atoms with E-state index in [4.69, 9.17) is 4.84 Å². The molecule has 0 aliphatic carbocycles. The number of rotatable bonds is 5. The highest BCUT2D eigenvalue weighted by Gasteiger charge is 2.29. The number of benzene rings is 1. The van der Waals surface area contributed by atoms with Gasteiger partial charge >= 0.3 is 0 Å². The molecular weight excluding hydrogens is 294 g/mol. The summed E-state index contributed by atoms with van der Waals surface area (Å²) in [5.41, 5.74) is 1.84. The maximum Gasteiger partial charge on any atom is 0.264 e. The molecule has 1 aromatic carbocycles. The zero-order chi connectivity index (χ0) is 16.2. The second-order valence-corrected chi connectivity index (χ2v) is 5.73. The first-order chi connectivity index (χ1) is 11.1. The maximum absolute atomic E-state index is 12.1. The van der Waals surface area contributed by atoms with Gasteiger partial charge in [-0.1, -0.05) is 49.3 Å². The SMILES string of the molecule is CC(C)C1=NOC(C(=O)NCc2nc(-c3ccccc3)n[nH]2)C1. The van der Waals surface area contributed by atoms with E-state index in [0.717, 1.165) is 11.3 Å². The molecule has 0 bridgehead atoms. The summed E-state index contributed by atoms with van der Waals surface area (Å²) in [5.74, 6) is 1.30. The van der Waals surface area contributed by atoms with Gasteiger partial charge in [-0.25, -0.2) is 4.98 Å². The van der Waals surface area contributed by atoms with E-state index in [9.17, 15) is 4.79 Å². The lowest BCUT2D eigenvalue weighted by Gasteiger charge is -2.08. The van der Waals surface area contributed by atoms with Crippen molar-refractivity contribution in [1.29, 1.82) is 0 Å². The summed E-state index contributed by atoms with van der Waals surface area (Å²) in [5, 5.41) is 13.7. The van der Waals surface area contributed by atoms with Crippen molar-refractivity contribution < 1.29 is 9.63 Å².